The highest BCUT2D eigenvalue weighted by Crippen LogP contribution is 2.11. The molecule has 0 aliphatic carbocycles. The molecule has 122 valence electrons. The van der Waals surface area contributed by atoms with Crippen molar-refractivity contribution in [2.24, 2.45) is 0 Å². The van der Waals surface area contributed by atoms with Crippen LogP contribution in [0, 0.1) is 13.8 Å². The summed E-state index contributed by atoms with van der Waals surface area (Å²) < 4.78 is 7.59. The van der Waals surface area contributed by atoms with Crippen molar-refractivity contribution in [3.63, 3.8) is 0 Å². The zero-order chi connectivity index (χ0) is 16.2. The quantitative estimate of drug-likeness (QED) is 0.938. The van der Waals surface area contributed by atoms with Crippen molar-refractivity contribution in [3.8, 4) is 0 Å². The molecule has 1 fully saturated rings. The van der Waals surface area contributed by atoms with E-state index in [1.54, 1.807) is 11.0 Å². The van der Waals surface area contributed by atoms with E-state index in [1.807, 2.05) is 43.1 Å². The summed E-state index contributed by atoms with van der Waals surface area (Å²) in [5.41, 5.74) is 1.98. The normalized spacial score (nSPS) is 18.0. The van der Waals surface area contributed by atoms with Gasteiger partial charge in [0.15, 0.2) is 0 Å². The van der Waals surface area contributed by atoms with Crippen LogP contribution in [0.2, 0.25) is 0 Å². The van der Waals surface area contributed by atoms with E-state index in [4.69, 9.17) is 4.74 Å². The number of aryl methyl sites for hydroxylation is 2. The third-order valence-electron chi connectivity index (χ3n) is 3.70. The minimum atomic E-state index is -0.145. The maximum Gasteiger partial charge on any atom is 0.323 e. The van der Waals surface area contributed by atoms with Gasteiger partial charge < -0.3 is 9.64 Å². The summed E-state index contributed by atoms with van der Waals surface area (Å²) in [6, 6.07) is 5.41. The van der Waals surface area contributed by atoms with E-state index < -0.39 is 0 Å². The van der Waals surface area contributed by atoms with E-state index >= 15 is 0 Å². The average Bonchev–Trinajstić information content (AvgIpc) is 2.92. The molecule has 1 N–H and O–H groups in total. The van der Waals surface area contributed by atoms with Crippen molar-refractivity contribution < 1.29 is 9.53 Å². The van der Waals surface area contributed by atoms with Gasteiger partial charge in [0.2, 0.25) is 0 Å². The molecule has 1 unspecified atom stereocenters. The molecule has 1 saturated heterocycles. The van der Waals surface area contributed by atoms with Crippen LogP contribution in [0.1, 0.15) is 11.3 Å². The van der Waals surface area contributed by atoms with Crippen LogP contribution in [0.15, 0.2) is 30.6 Å². The molecule has 0 bridgehead atoms. The number of anilines is 1. The first-order chi connectivity index (χ1) is 11.1. The lowest BCUT2D eigenvalue weighted by Crippen LogP contribution is -2.48. The predicted molar refractivity (Wildman–Crippen MR) is 86.3 cm³/mol. The van der Waals surface area contributed by atoms with Gasteiger partial charge in [0.25, 0.3) is 0 Å². The Bertz CT molecular complexity index is 685. The van der Waals surface area contributed by atoms with Crippen molar-refractivity contribution in [2.45, 2.75) is 26.5 Å². The summed E-state index contributed by atoms with van der Waals surface area (Å²) in [5.74, 6) is 0.570. The summed E-state index contributed by atoms with van der Waals surface area (Å²) in [5, 5.41) is 7.10. The molecule has 1 aliphatic rings. The van der Waals surface area contributed by atoms with Crippen LogP contribution in [0.4, 0.5) is 10.6 Å². The molecule has 3 heterocycles. The number of morpholine rings is 1. The van der Waals surface area contributed by atoms with E-state index in [-0.39, 0.29) is 12.1 Å². The number of nitrogens with zero attached hydrogens (tertiary/aromatic N) is 4. The van der Waals surface area contributed by atoms with Crippen LogP contribution in [0.5, 0.6) is 0 Å². The molecule has 3 rings (SSSR count). The number of ether oxygens (including phenoxy) is 1. The maximum absolute atomic E-state index is 12.4. The number of pyridine rings is 1. The number of carbonyl (C=O) groups is 1. The topological polar surface area (TPSA) is 72.3 Å². The largest absolute Gasteiger partial charge is 0.373 e. The Kier molecular flexibility index (Phi) is 4.57. The molecule has 2 aromatic heterocycles. The Morgan fingerprint density at radius 2 is 2.30 bits per heavy atom. The van der Waals surface area contributed by atoms with Gasteiger partial charge in [-0.15, -0.1) is 0 Å². The number of hydrogen-bond donors (Lipinski definition) is 1. The summed E-state index contributed by atoms with van der Waals surface area (Å²) >= 11 is 0. The molecule has 0 spiro atoms. The highest BCUT2D eigenvalue weighted by molar-refractivity contribution is 5.88. The Morgan fingerprint density at radius 3 is 3.04 bits per heavy atom. The number of urea groups is 1. The molecular formula is C16H21N5O2. The molecule has 1 atom stereocenters. The Hall–Kier alpha value is -2.41. The first kappa shape index (κ1) is 15.5. The fraction of sp³-hybridized carbons (Fsp3) is 0.438. The number of carbonyl (C=O) groups excluding carboxylic acids is 1. The predicted octanol–water partition coefficient (Wildman–Crippen LogP) is 1.83. The number of nitrogens with one attached hydrogen (secondary N) is 1. The molecule has 2 amide bonds. The second-order valence-corrected chi connectivity index (χ2v) is 5.77. The summed E-state index contributed by atoms with van der Waals surface area (Å²) in [4.78, 5) is 18.4. The van der Waals surface area contributed by atoms with E-state index in [1.165, 1.54) is 0 Å². The average molecular weight is 315 g/mol. The molecule has 2 aromatic rings. The van der Waals surface area contributed by atoms with E-state index in [0.29, 0.717) is 32.1 Å². The number of aromatic nitrogens is 3. The van der Waals surface area contributed by atoms with Gasteiger partial charge in [-0.25, -0.2) is 9.78 Å². The molecular weight excluding hydrogens is 294 g/mol. The molecule has 7 nitrogen and oxygen atoms in total. The van der Waals surface area contributed by atoms with E-state index in [2.05, 4.69) is 15.4 Å². The molecule has 1 aliphatic heterocycles. The van der Waals surface area contributed by atoms with Crippen molar-refractivity contribution >= 4 is 11.8 Å². The lowest BCUT2D eigenvalue weighted by atomic mass is 10.3. The number of hydrogen-bond acceptors (Lipinski definition) is 4. The SMILES string of the molecule is Cc1cnn(CC2CN(C(=O)Nc3cccc(C)n3)CCO2)c1. The molecule has 7 heteroatoms. The molecule has 23 heavy (non-hydrogen) atoms. The van der Waals surface area contributed by atoms with Gasteiger partial charge in [-0.2, -0.15) is 5.10 Å². The number of rotatable bonds is 3. The van der Waals surface area contributed by atoms with E-state index in [9.17, 15) is 4.79 Å². The van der Waals surface area contributed by atoms with Crippen LogP contribution in [-0.2, 0) is 11.3 Å². The molecule has 0 saturated carbocycles. The van der Waals surface area contributed by atoms with Crippen LogP contribution in [-0.4, -0.2) is 51.5 Å². The Morgan fingerprint density at radius 1 is 1.43 bits per heavy atom. The van der Waals surface area contributed by atoms with Crippen molar-refractivity contribution in [2.75, 3.05) is 25.0 Å². The third-order valence-corrected chi connectivity index (χ3v) is 3.70. The van der Waals surface area contributed by atoms with Crippen LogP contribution < -0.4 is 5.32 Å². The standard InChI is InChI=1S/C16H21N5O2/c1-12-8-17-21(9-12)11-14-10-20(6-7-23-14)16(22)19-15-5-3-4-13(2)18-15/h3-5,8-9,14H,6-7,10-11H2,1-2H3,(H,18,19,22). The molecule has 0 aromatic carbocycles. The Balaban J connectivity index is 1.58. The lowest BCUT2D eigenvalue weighted by Gasteiger charge is -2.32. The van der Waals surface area contributed by atoms with Crippen molar-refractivity contribution in [3.05, 3.63) is 41.9 Å². The second kappa shape index (κ2) is 6.78. The maximum atomic E-state index is 12.4. The van der Waals surface area contributed by atoms with Gasteiger partial charge >= 0.3 is 6.03 Å². The fourth-order valence-corrected chi connectivity index (χ4v) is 2.59. The molecule has 0 radical (unpaired) electrons. The minimum Gasteiger partial charge on any atom is -0.373 e. The highest BCUT2D eigenvalue weighted by Gasteiger charge is 2.25. The number of amides is 2. The highest BCUT2D eigenvalue weighted by atomic mass is 16.5. The van der Waals surface area contributed by atoms with Crippen molar-refractivity contribution in [1.29, 1.82) is 0 Å². The Labute approximate surface area is 135 Å². The second-order valence-electron chi connectivity index (χ2n) is 5.77. The van der Waals surface area contributed by atoms with Gasteiger partial charge in [-0.1, -0.05) is 6.07 Å². The zero-order valence-corrected chi connectivity index (χ0v) is 13.4. The first-order valence-electron chi connectivity index (χ1n) is 7.70. The van der Waals surface area contributed by atoms with Crippen LogP contribution >= 0.6 is 0 Å². The van der Waals surface area contributed by atoms with Crippen LogP contribution in [0.25, 0.3) is 0 Å². The van der Waals surface area contributed by atoms with Gasteiger partial charge in [0.1, 0.15) is 5.82 Å². The monoisotopic (exact) mass is 315 g/mol. The van der Waals surface area contributed by atoms with Gasteiger partial charge in [-0.05, 0) is 31.5 Å². The van der Waals surface area contributed by atoms with Gasteiger partial charge in [0.05, 0.1) is 32.0 Å². The van der Waals surface area contributed by atoms with Crippen molar-refractivity contribution in [1.82, 2.24) is 19.7 Å². The fourth-order valence-electron chi connectivity index (χ4n) is 2.59. The van der Waals surface area contributed by atoms with Gasteiger partial charge in [0, 0.05) is 18.4 Å². The first-order valence-corrected chi connectivity index (χ1v) is 7.70. The minimum absolute atomic E-state index is 0.0562. The van der Waals surface area contributed by atoms with Crippen LogP contribution in [0.3, 0.4) is 0 Å². The zero-order valence-electron chi connectivity index (χ0n) is 13.4. The third kappa shape index (κ3) is 4.07. The summed E-state index contributed by atoms with van der Waals surface area (Å²) in [6.07, 6.45) is 3.73. The summed E-state index contributed by atoms with van der Waals surface area (Å²) in [7, 11) is 0. The van der Waals surface area contributed by atoms with Gasteiger partial charge in [-0.3, -0.25) is 10.00 Å². The smallest absolute Gasteiger partial charge is 0.323 e. The lowest BCUT2D eigenvalue weighted by molar-refractivity contribution is -0.0220. The summed E-state index contributed by atoms with van der Waals surface area (Å²) in [6.45, 7) is 6.18. The van der Waals surface area contributed by atoms with E-state index in [0.717, 1.165) is 11.3 Å².